The molecule has 0 aliphatic carbocycles. The van der Waals surface area contributed by atoms with Gasteiger partial charge in [-0.25, -0.2) is 9.86 Å². The molecule has 10 heavy (non-hydrogen) atoms. The topological polar surface area (TPSA) is 89.3 Å². The van der Waals surface area contributed by atoms with Crippen LogP contribution >= 0.6 is 0 Å². The van der Waals surface area contributed by atoms with Crippen molar-refractivity contribution in [2.45, 2.75) is 6.92 Å². The van der Waals surface area contributed by atoms with Crippen molar-refractivity contribution in [1.29, 1.82) is 0 Å². The maximum atomic E-state index is 10.4. The van der Waals surface area contributed by atoms with Gasteiger partial charge in [0.05, 0.1) is 0 Å². The number of carbonyl (C=O) groups is 1. The molecule has 0 bridgehead atoms. The Hall–Kier alpha value is -0.880. The van der Waals surface area contributed by atoms with Crippen molar-refractivity contribution >= 4 is 16.1 Å². The molecule has 0 aromatic rings. The fourth-order valence-electron chi connectivity index (χ4n) is 0.326. The van der Waals surface area contributed by atoms with E-state index in [2.05, 4.69) is 5.14 Å². The number of hydrogen-bond acceptors (Lipinski definition) is 3. The van der Waals surface area contributed by atoms with Gasteiger partial charge in [0.25, 0.3) is 16.1 Å². The van der Waals surface area contributed by atoms with Crippen LogP contribution in [-0.2, 0) is 15.0 Å². The van der Waals surface area contributed by atoms with Crippen LogP contribution < -0.4 is 9.86 Å². The van der Waals surface area contributed by atoms with E-state index in [9.17, 15) is 13.2 Å². The third-order valence-corrected chi connectivity index (χ3v) is 1.05. The molecule has 58 valence electrons. The van der Waals surface area contributed by atoms with E-state index in [0.29, 0.717) is 0 Å². The molecule has 0 aliphatic rings. The number of hydrogen-bond donors (Lipinski definition) is 2. The van der Waals surface area contributed by atoms with Gasteiger partial charge in [0.2, 0.25) is 0 Å². The van der Waals surface area contributed by atoms with Gasteiger partial charge in [0, 0.05) is 0 Å². The first-order valence-electron chi connectivity index (χ1n) is 2.43. The summed E-state index contributed by atoms with van der Waals surface area (Å²) in [5.74, 6) is -0.745. The molecule has 0 aromatic carbocycles. The third-order valence-electron chi connectivity index (χ3n) is 0.561. The number of amides is 1. The average Bonchev–Trinajstić information content (AvgIpc) is 1.59. The first-order chi connectivity index (χ1) is 4.45. The molecule has 0 radical (unpaired) electrons. The highest BCUT2D eigenvalue weighted by molar-refractivity contribution is 7.87. The van der Waals surface area contributed by atoms with E-state index >= 15 is 0 Å². The number of allylic oxidation sites excluding steroid dienone is 1. The molecule has 5 nitrogen and oxygen atoms in total. The van der Waals surface area contributed by atoms with Crippen LogP contribution in [0.15, 0.2) is 12.2 Å². The van der Waals surface area contributed by atoms with Gasteiger partial charge in [-0.3, -0.25) is 4.79 Å². The summed E-state index contributed by atoms with van der Waals surface area (Å²) in [6, 6.07) is 0. The predicted octanol–water partition coefficient (Wildman–Crippen LogP) is -1.12. The normalized spacial score (nSPS) is 11.8. The van der Waals surface area contributed by atoms with E-state index in [1.807, 2.05) is 0 Å². The second-order valence-electron chi connectivity index (χ2n) is 1.51. The van der Waals surface area contributed by atoms with Gasteiger partial charge < -0.3 is 0 Å². The third kappa shape index (κ3) is 5.26. The number of nitrogens with one attached hydrogen (secondary N) is 1. The second-order valence-corrected chi connectivity index (χ2v) is 2.81. The summed E-state index contributed by atoms with van der Waals surface area (Å²) in [5.41, 5.74) is 0. The minimum atomic E-state index is -3.90. The van der Waals surface area contributed by atoms with E-state index in [1.165, 1.54) is 6.08 Å². The molecule has 0 spiro atoms. The zero-order valence-corrected chi connectivity index (χ0v) is 6.18. The van der Waals surface area contributed by atoms with Crippen LogP contribution in [0.4, 0.5) is 0 Å². The van der Waals surface area contributed by atoms with E-state index in [4.69, 9.17) is 0 Å². The Kier molecular flexibility index (Phi) is 3.04. The lowest BCUT2D eigenvalue weighted by Gasteiger charge is -1.94. The standard InChI is InChI=1S/C4H8N2O3S/c1-2-3-4(7)6-10(5,8)9/h2-3H,1H3,(H,6,7)(H2,5,8,9)/b3-2+. The lowest BCUT2D eigenvalue weighted by molar-refractivity contribution is -0.114. The lowest BCUT2D eigenvalue weighted by atomic mass is 10.5. The molecular formula is C4H8N2O3S. The van der Waals surface area contributed by atoms with Gasteiger partial charge in [0.1, 0.15) is 0 Å². The Labute approximate surface area is 59.1 Å². The summed E-state index contributed by atoms with van der Waals surface area (Å²) in [6.07, 6.45) is 2.46. The lowest BCUT2D eigenvalue weighted by Crippen LogP contribution is -2.34. The quantitative estimate of drug-likeness (QED) is 0.507. The molecule has 0 atom stereocenters. The summed E-state index contributed by atoms with van der Waals surface area (Å²) >= 11 is 0. The van der Waals surface area contributed by atoms with E-state index in [1.54, 1.807) is 11.6 Å². The van der Waals surface area contributed by atoms with Crippen LogP contribution in [-0.4, -0.2) is 14.3 Å². The summed E-state index contributed by atoms with van der Waals surface area (Å²) < 4.78 is 21.8. The first-order valence-corrected chi connectivity index (χ1v) is 3.97. The monoisotopic (exact) mass is 164 g/mol. The molecule has 0 rings (SSSR count). The van der Waals surface area contributed by atoms with E-state index in [0.717, 1.165) is 6.08 Å². The Morgan fingerprint density at radius 2 is 2.10 bits per heavy atom. The molecule has 0 heterocycles. The molecule has 1 amide bonds. The SMILES string of the molecule is C/C=C/C(=O)NS(N)(=O)=O. The van der Waals surface area contributed by atoms with Crippen LogP contribution in [0.2, 0.25) is 0 Å². The largest absolute Gasteiger partial charge is 0.298 e. The molecule has 0 aromatic heterocycles. The summed E-state index contributed by atoms with van der Waals surface area (Å²) in [5, 5.41) is 4.47. The van der Waals surface area contributed by atoms with Crippen molar-refractivity contribution in [3.8, 4) is 0 Å². The summed E-state index contributed by atoms with van der Waals surface area (Å²) in [6.45, 7) is 1.59. The van der Waals surface area contributed by atoms with Gasteiger partial charge in [-0.15, -0.1) is 0 Å². The average molecular weight is 164 g/mol. The number of carbonyl (C=O) groups excluding carboxylic acids is 1. The highest BCUT2D eigenvalue weighted by Gasteiger charge is 2.03. The number of nitrogens with two attached hydrogens (primary N) is 1. The highest BCUT2D eigenvalue weighted by atomic mass is 32.2. The van der Waals surface area contributed by atoms with Gasteiger partial charge in [-0.1, -0.05) is 6.08 Å². The molecule has 6 heteroatoms. The van der Waals surface area contributed by atoms with Gasteiger partial charge in [-0.2, -0.15) is 8.42 Å². The van der Waals surface area contributed by atoms with Crippen LogP contribution in [0.25, 0.3) is 0 Å². The van der Waals surface area contributed by atoms with Gasteiger partial charge in [0.15, 0.2) is 0 Å². The maximum Gasteiger partial charge on any atom is 0.298 e. The Morgan fingerprint density at radius 1 is 1.60 bits per heavy atom. The molecular weight excluding hydrogens is 156 g/mol. The smallest absolute Gasteiger partial charge is 0.269 e. The molecule has 0 saturated carbocycles. The minimum absolute atomic E-state index is 0.745. The molecule has 3 N–H and O–H groups in total. The Bertz CT molecular complexity index is 241. The summed E-state index contributed by atoms with van der Waals surface area (Å²) in [7, 11) is -3.90. The first kappa shape index (κ1) is 9.12. The zero-order valence-electron chi connectivity index (χ0n) is 5.37. The molecule has 0 saturated heterocycles. The minimum Gasteiger partial charge on any atom is -0.269 e. The molecule has 0 unspecified atom stereocenters. The van der Waals surface area contributed by atoms with Crippen molar-refractivity contribution in [1.82, 2.24) is 4.72 Å². The van der Waals surface area contributed by atoms with E-state index in [-0.39, 0.29) is 0 Å². The van der Waals surface area contributed by atoms with Gasteiger partial charge >= 0.3 is 0 Å². The second kappa shape index (κ2) is 3.33. The zero-order chi connectivity index (χ0) is 8.20. The van der Waals surface area contributed by atoms with Crippen molar-refractivity contribution in [2.75, 3.05) is 0 Å². The van der Waals surface area contributed by atoms with Crippen molar-refractivity contribution in [3.63, 3.8) is 0 Å². The summed E-state index contributed by atoms with van der Waals surface area (Å²) in [4.78, 5) is 10.4. The fraction of sp³-hybridized carbons (Fsp3) is 0.250. The number of rotatable bonds is 2. The predicted molar refractivity (Wildman–Crippen MR) is 36.1 cm³/mol. The van der Waals surface area contributed by atoms with E-state index < -0.39 is 16.1 Å². The Balaban J connectivity index is 4.07. The van der Waals surface area contributed by atoms with Crippen molar-refractivity contribution in [2.24, 2.45) is 5.14 Å². The van der Waals surface area contributed by atoms with Crippen LogP contribution in [0, 0.1) is 0 Å². The van der Waals surface area contributed by atoms with Gasteiger partial charge in [-0.05, 0) is 13.0 Å². The Morgan fingerprint density at radius 3 is 2.40 bits per heavy atom. The van der Waals surface area contributed by atoms with Crippen molar-refractivity contribution in [3.05, 3.63) is 12.2 Å². The highest BCUT2D eigenvalue weighted by Crippen LogP contribution is 1.73. The maximum absolute atomic E-state index is 10.4. The van der Waals surface area contributed by atoms with Crippen molar-refractivity contribution < 1.29 is 13.2 Å². The van der Waals surface area contributed by atoms with Crippen LogP contribution in [0.3, 0.4) is 0 Å². The fourth-order valence-corrected chi connectivity index (χ4v) is 0.674. The van der Waals surface area contributed by atoms with Crippen LogP contribution in [0.1, 0.15) is 6.92 Å². The van der Waals surface area contributed by atoms with Crippen LogP contribution in [0.5, 0.6) is 0 Å². The molecule has 0 aliphatic heterocycles. The molecule has 0 fully saturated rings.